The molecule has 0 spiro atoms. The van der Waals surface area contributed by atoms with E-state index in [-0.39, 0.29) is 30.1 Å². The van der Waals surface area contributed by atoms with Crippen LogP contribution in [0.25, 0.3) is 0 Å². The van der Waals surface area contributed by atoms with Gasteiger partial charge in [-0.1, -0.05) is 37.3 Å². The number of rotatable bonds is 9. The third-order valence-corrected chi connectivity index (χ3v) is 4.64. The fourth-order valence-corrected chi connectivity index (χ4v) is 3.15. The van der Waals surface area contributed by atoms with Gasteiger partial charge in [0.05, 0.1) is 12.6 Å². The molecule has 0 aliphatic carbocycles. The summed E-state index contributed by atoms with van der Waals surface area (Å²) in [6, 6.07) is 10.8. The van der Waals surface area contributed by atoms with E-state index in [9.17, 15) is 0 Å². The van der Waals surface area contributed by atoms with Crippen molar-refractivity contribution in [1.29, 1.82) is 0 Å². The number of halogens is 1. The molecule has 0 aromatic heterocycles. The molecule has 1 aliphatic heterocycles. The Kier molecular flexibility index (Phi) is 11.1. The van der Waals surface area contributed by atoms with E-state index in [1.165, 1.54) is 24.9 Å². The molecule has 1 heterocycles. The van der Waals surface area contributed by atoms with Crippen LogP contribution in [0.15, 0.2) is 35.3 Å². The summed E-state index contributed by atoms with van der Waals surface area (Å²) in [6.45, 7) is 8.89. The number of nitrogens with one attached hydrogen (secondary N) is 1. The lowest BCUT2D eigenvalue weighted by Crippen LogP contribution is -2.36. The average molecular weight is 460 g/mol. The Labute approximate surface area is 169 Å². The van der Waals surface area contributed by atoms with Crippen molar-refractivity contribution in [2.24, 2.45) is 10.7 Å². The summed E-state index contributed by atoms with van der Waals surface area (Å²) in [5.74, 6) is 0.550. The maximum Gasteiger partial charge on any atom is 0.188 e. The van der Waals surface area contributed by atoms with Gasteiger partial charge in [0.2, 0.25) is 0 Å². The quantitative estimate of drug-likeness (QED) is 0.257. The standard InChI is InChI=1S/C19H32N4O.HI/c1-3-23-13-7-11-18(23)15-22-19(20)21-12-8-14-24-16(2)17-9-5-4-6-10-17;/h4-6,9-10,16,18H,3,7-8,11-15H2,1-2H3,(H3,20,21,22);1H. The van der Waals surface area contributed by atoms with Crippen LogP contribution in [0.2, 0.25) is 0 Å². The second-order valence-electron chi connectivity index (χ2n) is 6.35. The number of hydrogen-bond donors (Lipinski definition) is 2. The lowest BCUT2D eigenvalue weighted by Gasteiger charge is -2.21. The molecule has 3 N–H and O–H groups in total. The first-order valence-corrected chi connectivity index (χ1v) is 9.15. The van der Waals surface area contributed by atoms with Crippen LogP contribution in [0.4, 0.5) is 0 Å². The molecule has 6 heteroatoms. The lowest BCUT2D eigenvalue weighted by molar-refractivity contribution is 0.0646. The first kappa shape index (κ1) is 22.2. The number of nitrogens with two attached hydrogens (primary N) is 1. The van der Waals surface area contributed by atoms with Gasteiger partial charge in [-0.2, -0.15) is 0 Å². The van der Waals surface area contributed by atoms with Gasteiger partial charge in [0, 0.05) is 19.2 Å². The van der Waals surface area contributed by atoms with Crippen molar-refractivity contribution in [2.45, 2.75) is 45.3 Å². The Bertz CT molecular complexity index is 497. The van der Waals surface area contributed by atoms with Crippen LogP contribution in [0, 0.1) is 0 Å². The smallest absolute Gasteiger partial charge is 0.188 e. The molecule has 1 saturated heterocycles. The molecule has 0 radical (unpaired) electrons. The van der Waals surface area contributed by atoms with E-state index < -0.39 is 0 Å². The summed E-state index contributed by atoms with van der Waals surface area (Å²) in [7, 11) is 0. The molecule has 2 unspecified atom stereocenters. The first-order chi connectivity index (χ1) is 11.7. The van der Waals surface area contributed by atoms with E-state index in [2.05, 4.69) is 41.2 Å². The van der Waals surface area contributed by atoms with E-state index in [4.69, 9.17) is 10.5 Å². The number of hydrogen-bond acceptors (Lipinski definition) is 3. The van der Waals surface area contributed by atoms with Gasteiger partial charge in [0.15, 0.2) is 5.96 Å². The number of ether oxygens (including phenoxy) is 1. The number of likely N-dealkylation sites (tertiary alicyclic amines) is 1. The zero-order valence-corrected chi connectivity index (χ0v) is 17.8. The molecule has 1 aromatic carbocycles. The molecule has 5 nitrogen and oxygen atoms in total. The Morgan fingerprint density at radius 3 is 2.88 bits per heavy atom. The molecule has 0 amide bonds. The van der Waals surface area contributed by atoms with E-state index in [0.717, 1.165) is 26.1 Å². The van der Waals surface area contributed by atoms with Gasteiger partial charge in [-0.05, 0) is 44.8 Å². The molecule has 1 aliphatic rings. The van der Waals surface area contributed by atoms with Crippen molar-refractivity contribution in [3.05, 3.63) is 35.9 Å². The fourth-order valence-electron chi connectivity index (χ4n) is 3.15. The van der Waals surface area contributed by atoms with Crippen molar-refractivity contribution in [3.8, 4) is 0 Å². The van der Waals surface area contributed by atoms with Crippen LogP contribution in [-0.2, 0) is 4.74 Å². The number of benzene rings is 1. The second-order valence-corrected chi connectivity index (χ2v) is 6.35. The van der Waals surface area contributed by atoms with Crippen LogP contribution in [-0.4, -0.2) is 49.7 Å². The zero-order valence-electron chi connectivity index (χ0n) is 15.5. The van der Waals surface area contributed by atoms with Gasteiger partial charge in [0.1, 0.15) is 0 Å². The van der Waals surface area contributed by atoms with Crippen molar-refractivity contribution in [1.82, 2.24) is 10.2 Å². The third kappa shape index (κ3) is 7.92. The van der Waals surface area contributed by atoms with Gasteiger partial charge in [-0.15, -0.1) is 24.0 Å². The summed E-state index contributed by atoms with van der Waals surface area (Å²) in [6.07, 6.45) is 3.55. The van der Waals surface area contributed by atoms with Gasteiger partial charge in [-0.25, -0.2) is 0 Å². The van der Waals surface area contributed by atoms with E-state index in [0.29, 0.717) is 18.6 Å². The highest BCUT2D eigenvalue weighted by Crippen LogP contribution is 2.17. The monoisotopic (exact) mass is 460 g/mol. The Balaban J connectivity index is 0.00000312. The van der Waals surface area contributed by atoms with E-state index in [1.54, 1.807) is 0 Å². The average Bonchev–Trinajstić information content (AvgIpc) is 3.07. The number of nitrogens with zero attached hydrogens (tertiary/aromatic N) is 2. The zero-order chi connectivity index (χ0) is 17.2. The van der Waals surface area contributed by atoms with E-state index in [1.807, 2.05) is 18.2 Å². The Hall–Kier alpha value is -0.860. The number of guanidine groups is 1. The molecular weight excluding hydrogens is 427 g/mol. The predicted molar refractivity (Wildman–Crippen MR) is 116 cm³/mol. The summed E-state index contributed by atoms with van der Waals surface area (Å²) >= 11 is 0. The molecule has 0 saturated carbocycles. The predicted octanol–water partition coefficient (Wildman–Crippen LogP) is 3.16. The van der Waals surface area contributed by atoms with Crippen LogP contribution >= 0.6 is 24.0 Å². The highest BCUT2D eigenvalue weighted by Gasteiger charge is 2.22. The van der Waals surface area contributed by atoms with Gasteiger partial charge in [0.25, 0.3) is 0 Å². The largest absolute Gasteiger partial charge is 0.374 e. The minimum Gasteiger partial charge on any atom is -0.374 e. The topological polar surface area (TPSA) is 62.9 Å². The van der Waals surface area contributed by atoms with Gasteiger partial charge < -0.3 is 15.8 Å². The van der Waals surface area contributed by atoms with Gasteiger partial charge >= 0.3 is 0 Å². The summed E-state index contributed by atoms with van der Waals surface area (Å²) in [4.78, 5) is 6.97. The van der Waals surface area contributed by atoms with Crippen molar-refractivity contribution in [3.63, 3.8) is 0 Å². The normalized spacial score (nSPS) is 19.4. The highest BCUT2D eigenvalue weighted by atomic mass is 127. The van der Waals surface area contributed by atoms with Crippen LogP contribution in [0.1, 0.15) is 44.8 Å². The van der Waals surface area contributed by atoms with Crippen molar-refractivity contribution >= 4 is 29.9 Å². The Morgan fingerprint density at radius 1 is 1.40 bits per heavy atom. The minimum atomic E-state index is 0. The maximum absolute atomic E-state index is 5.95. The van der Waals surface area contributed by atoms with Crippen LogP contribution in [0.5, 0.6) is 0 Å². The first-order valence-electron chi connectivity index (χ1n) is 9.15. The van der Waals surface area contributed by atoms with Gasteiger partial charge in [-0.3, -0.25) is 9.89 Å². The molecule has 25 heavy (non-hydrogen) atoms. The molecule has 1 aromatic rings. The SMILES string of the molecule is CCN1CCCC1CN=C(N)NCCCOC(C)c1ccccc1.I. The molecular formula is C19H33IN4O. The molecule has 2 rings (SSSR count). The van der Waals surface area contributed by atoms with Crippen LogP contribution in [0.3, 0.4) is 0 Å². The third-order valence-electron chi connectivity index (χ3n) is 4.64. The molecule has 0 bridgehead atoms. The number of likely N-dealkylation sites (N-methyl/N-ethyl adjacent to an activating group) is 1. The molecule has 2 atom stereocenters. The summed E-state index contributed by atoms with van der Waals surface area (Å²) in [5, 5.41) is 3.18. The maximum atomic E-state index is 5.95. The fraction of sp³-hybridized carbons (Fsp3) is 0.632. The minimum absolute atomic E-state index is 0. The Morgan fingerprint density at radius 2 is 2.16 bits per heavy atom. The summed E-state index contributed by atoms with van der Waals surface area (Å²) in [5.41, 5.74) is 7.16. The van der Waals surface area contributed by atoms with E-state index >= 15 is 0 Å². The lowest BCUT2D eigenvalue weighted by atomic mass is 10.1. The number of aliphatic imine (C=N–C) groups is 1. The summed E-state index contributed by atoms with van der Waals surface area (Å²) < 4.78 is 5.85. The molecule has 1 fully saturated rings. The molecule has 142 valence electrons. The highest BCUT2D eigenvalue weighted by molar-refractivity contribution is 14.0. The second kappa shape index (κ2) is 12.5. The van der Waals surface area contributed by atoms with Crippen molar-refractivity contribution < 1.29 is 4.74 Å². The van der Waals surface area contributed by atoms with Crippen LogP contribution < -0.4 is 11.1 Å². The van der Waals surface area contributed by atoms with Crippen molar-refractivity contribution in [2.75, 3.05) is 32.8 Å².